The highest BCUT2D eigenvalue weighted by atomic mass is 16.5. The molecule has 0 bridgehead atoms. The predicted octanol–water partition coefficient (Wildman–Crippen LogP) is 3.87. The van der Waals surface area contributed by atoms with Crippen LogP contribution in [-0.4, -0.2) is 11.2 Å². The molecule has 2 nitrogen and oxygen atoms in total. The molecule has 18 heavy (non-hydrogen) atoms. The van der Waals surface area contributed by atoms with Gasteiger partial charge in [0.1, 0.15) is 5.75 Å². The number of hydrogen-bond acceptors (Lipinski definition) is 2. The molecule has 0 saturated heterocycles. The molecule has 0 aromatic heterocycles. The molecule has 0 amide bonds. The Hall–Kier alpha value is -1.02. The van der Waals surface area contributed by atoms with Crippen LogP contribution in [0.2, 0.25) is 0 Å². The molecule has 0 aliphatic heterocycles. The molecule has 1 aliphatic rings. The van der Waals surface area contributed by atoms with Crippen LogP contribution in [0.25, 0.3) is 0 Å². The van der Waals surface area contributed by atoms with Crippen molar-refractivity contribution in [1.82, 2.24) is 0 Å². The van der Waals surface area contributed by atoms with Crippen molar-refractivity contribution < 1.29 is 9.84 Å². The van der Waals surface area contributed by atoms with Crippen LogP contribution in [0.1, 0.15) is 52.0 Å². The first-order valence-electron chi connectivity index (χ1n) is 7.03. The summed E-state index contributed by atoms with van der Waals surface area (Å²) >= 11 is 0. The standard InChI is InChI=1S/C16H24O2/c1-4-13-9-10-16(17,11-13)14-7-5-6-8-15(14)18-12(2)3/h5-8,12-13,17H,4,9-11H2,1-3H3. The lowest BCUT2D eigenvalue weighted by atomic mass is 9.90. The van der Waals surface area contributed by atoms with Crippen LogP contribution in [-0.2, 0) is 5.60 Å². The van der Waals surface area contributed by atoms with E-state index in [-0.39, 0.29) is 6.10 Å². The van der Waals surface area contributed by atoms with Crippen molar-refractivity contribution >= 4 is 0 Å². The molecule has 1 N–H and O–H groups in total. The minimum Gasteiger partial charge on any atom is -0.491 e. The summed E-state index contributed by atoms with van der Waals surface area (Å²) in [4.78, 5) is 0. The molecule has 1 aromatic carbocycles. The third kappa shape index (κ3) is 2.69. The van der Waals surface area contributed by atoms with Crippen LogP contribution in [0, 0.1) is 5.92 Å². The zero-order valence-corrected chi connectivity index (χ0v) is 11.6. The van der Waals surface area contributed by atoms with E-state index >= 15 is 0 Å². The lowest BCUT2D eigenvalue weighted by Gasteiger charge is -2.26. The van der Waals surface area contributed by atoms with Crippen molar-refractivity contribution in [2.75, 3.05) is 0 Å². The summed E-state index contributed by atoms with van der Waals surface area (Å²) < 4.78 is 5.83. The second-order valence-electron chi connectivity index (χ2n) is 5.71. The quantitative estimate of drug-likeness (QED) is 0.876. The third-order valence-electron chi connectivity index (χ3n) is 3.92. The molecule has 100 valence electrons. The van der Waals surface area contributed by atoms with E-state index in [4.69, 9.17) is 4.74 Å². The van der Waals surface area contributed by atoms with Gasteiger partial charge in [-0.15, -0.1) is 0 Å². The minimum atomic E-state index is -0.688. The predicted molar refractivity (Wildman–Crippen MR) is 73.7 cm³/mol. The molecule has 0 heterocycles. The van der Waals surface area contributed by atoms with Gasteiger partial charge in [-0.25, -0.2) is 0 Å². The summed E-state index contributed by atoms with van der Waals surface area (Å²) in [6, 6.07) is 7.93. The van der Waals surface area contributed by atoms with Gasteiger partial charge in [0.2, 0.25) is 0 Å². The first-order valence-corrected chi connectivity index (χ1v) is 7.03. The molecule has 2 heteroatoms. The van der Waals surface area contributed by atoms with Crippen LogP contribution < -0.4 is 4.74 Å². The van der Waals surface area contributed by atoms with Gasteiger partial charge in [0.25, 0.3) is 0 Å². The molecule has 2 unspecified atom stereocenters. The normalized spacial score (nSPS) is 27.7. The van der Waals surface area contributed by atoms with Gasteiger partial charge in [-0.1, -0.05) is 31.5 Å². The number of hydrogen-bond donors (Lipinski definition) is 1. The van der Waals surface area contributed by atoms with E-state index in [2.05, 4.69) is 6.92 Å². The van der Waals surface area contributed by atoms with Gasteiger partial charge in [0, 0.05) is 5.56 Å². The fourth-order valence-corrected chi connectivity index (χ4v) is 2.93. The van der Waals surface area contributed by atoms with Crippen molar-refractivity contribution in [3.05, 3.63) is 29.8 Å². The van der Waals surface area contributed by atoms with Gasteiger partial charge in [0.15, 0.2) is 0 Å². The van der Waals surface area contributed by atoms with Crippen LogP contribution >= 0.6 is 0 Å². The summed E-state index contributed by atoms with van der Waals surface area (Å²) in [5, 5.41) is 10.9. The molecule has 2 atom stereocenters. The van der Waals surface area contributed by atoms with Crippen LogP contribution in [0.3, 0.4) is 0 Å². The molecule has 1 aliphatic carbocycles. The van der Waals surface area contributed by atoms with Gasteiger partial charge >= 0.3 is 0 Å². The molecule has 1 aromatic rings. The molecule has 1 saturated carbocycles. The van der Waals surface area contributed by atoms with E-state index < -0.39 is 5.60 Å². The first kappa shape index (κ1) is 13.4. The number of aliphatic hydroxyl groups is 1. The smallest absolute Gasteiger partial charge is 0.125 e. The highest BCUT2D eigenvalue weighted by Gasteiger charge is 2.39. The Labute approximate surface area is 110 Å². The third-order valence-corrected chi connectivity index (χ3v) is 3.92. The minimum absolute atomic E-state index is 0.137. The van der Waals surface area contributed by atoms with Crippen molar-refractivity contribution in [3.63, 3.8) is 0 Å². The van der Waals surface area contributed by atoms with Gasteiger partial charge in [-0.05, 0) is 45.1 Å². The number of rotatable bonds is 4. The molecular weight excluding hydrogens is 224 g/mol. The summed E-state index contributed by atoms with van der Waals surface area (Å²) in [5.41, 5.74) is 0.279. The Morgan fingerprint density at radius 1 is 1.39 bits per heavy atom. The summed E-state index contributed by atoms with van der Waals surface area (Å²) in [6.07, 6.45) is 4.11. The Kier molecular flexibility index (Phi) is 3.96. The Morgan fingerprint density at radius 2 is 2.11 bits per heavy atom. The number of ether oxygens (including phenoxy) is 1. The maximum Gasteiger partial charge on any atom is 0.125 e. The second-order valence-corrected chi connectivity index (χ2v) is 5.71. The molecule has 1 fully saturated rings. The van der Waals surface area contributed by atoms with Gasteiger partial charge in [-0.3, -0.25) is 0 Å². The highest BCUT2D eigenvalue weighted by molar-refractivity contribution is 5.38. The Balaban J connectivity index is 2.27. The number of benzene rings is 1. The number of para-hydroxylation sites is 1. The van der Waals surface area contributed by atoms with Crippen molar-refractivity contribution in [3.8, 4) is 5.75 Å². The first-order chi connectivity index (χ1) is 8.55. The molecule has 0 spiro atoms. The van der Waals surface area contributed by atoms with E-state index in [1.807, 2.05) is 38.1 Å². The summed E-state index contributed by atoms with van der Waals surface area (Å²) in [7, 11) is 0. The lowest BCUT2D eigenvalue weighted by molar-refractivity contribution is 0.0357. The van der Waals surface area contributed by atoms with E-state index in [1.54, 1.807) is 0 Å². The monoisotopic (exact) mass is 248 g/mol. The Morgan fingerprint density at radius 3 is 2.72 bits per heavy atom. The topological polar surface area (TPSA) is 29.5 Å². The average Bonchev–Trinajstić information content (AvgIpc) is 2.72. The summed E-state index contributed by atoms with van der Waals surface area (Å²) in [5.74, 6) is 1.48. The van der Waals surface area contributed by atoms with Crippen molar-refractivity contribution in [1.29, 1.82) is 0 Å². The highest BCUT2D eigenvalue weighted by Crippen LogP contribution is 2.46. The fourth-order valence-electron chi connectivity index (χ4n) is 2.93. The van der Waals surface area contributed by atoms with Crippen LogP contribution in [0.15, 0.2) is 24.3 Å². The van der Waals surface area contributed by atoms with E-state index in [1.165, 1.54) is 0 Å². The van der Waals surface area contributed by atoms with Crippen molar-refractivity contribution in [2.24, 2.45) is 5.92 Å². The summed E-state index contributed by atoms with van der Waals surface area (Å²) in [6.45, 7) is 6.24. The van der Waals surface area contributed by atoms with E-state index in [0.29, 0.717) is 5.92 Å². The lowest BCUT2D eigenvalue weighted by Crippen LogP contribution is -2.23. The van der Waals surface area contributed by atoms with Gasteiger partial charge in [0.05, 0.1) is 11.7 Å². The average molecular weight is 248 g/mol. The zero-order chi connectivity index (χ0) is 13.2. The molecule has 0 radical (unpaired) electrons. The molecule has 2 rings (SSSR count). The second kappa shape index (κ2) is 5.31. The zero-order valence-electron chi connectivity index (χ0n) is 11.6. The van der Waals surface area contributed by atoms with Crippen molar-refractivity contribution in [2.45, 2.75) is 58.2 Å². The van der Waals surface area contributed by atoms with E-state index in [0.717, 1.165) is 37.0 Å². The molecular formula is C16H24O2. The Bertz CT molecular complexity index is 400. The maximum absolute atomic E-state index is 10.9. The maximum atomic E-state index is 10.9. The fraction of sp³-hybridized carbons (Fsp3) is 0.625. The van der Waals surface area contributed by atoms with Gasteiger partial charge < -0.3 is 9.84 Å². The van der Waals surface area contributed by atoms with E-state index in [9.17, 15) is 5.11 Å². The van der Waals surface area contributed by atoms with Gasteiger partial charge in [-0.2, -0.15) is 0 Å². The van der Waals surface area contributed by atoms with Crippen LogP contribution in [0.4, 0.5) is 0 Å². The largest absolute Gasteiger partial charge is 0.491 e. The van der Waals surface area contributed by atoms with Crippen LogP contribution in [0.5, 0.6) is 5.75 Å². The SMILES string of the molecule is CCC1CCC(O)(c2ccccc2OC(C)C)C1.